The molecule has 8 heteroatoms. The topological polar surface area (TPSA) is 80.7 Å². The third-order valence-corrected chi connectivity index (χ3v) is 5.29. The summed E-state index contributed by atoms with van der Waals surface area (Å²) in [6.45, 7) is 6.29. The first-order valence-electron chi connectivity index (χ1n) is 11.3. The minimum Gasteiger partial charge on any atom is -0.478 e. The number of hydrogen-bond donors (Lipinski definition) is 1. The highest BCUT2D eigenvalue weighted by Gasteiger charge is 2.31. The van der Waals surface area contributed by atoms with E-state index < -0.39 is 29.6 Å². The van der Waals surface area contributed by atoms with Crippen LogP contribution in [0.25, 0.3) is 5.57 Å². The lowest BCUT2D eigenvalue weighted by Gasteiger charge is -2.18. The fraction of sp³-hybridized carbons (Fsp3) is 0.207. The number of benzene rings is 3. The Morgan fingerprint density at radius 2 is 1.24 bits per heavy atom. The molecule has 0 bridgehead atoms. The van der Waals surface area contributed by atoms with Crippen molar-refractivity contribution in [2.75, 3.05) is 0 Å². The second kappa shape index (κ2) is 10.8. The monoisotopic (exact) mass is 510 g/mol. The second-order valence-corrected chi connectivity index (χ2v) is 9.64. The highest BCUT2D eigenvalue weighted by Crippen LogP contribution is 2.26. The van der Waals surface area contributed by atoms with Crippen LogP contribution in [0.5, 0.6) is 5.75 Å². The van der Waals surface area contributed by atoms with Gasteiger partial charge in [0.15, 0.2) is 11.6 Å². The lowest BCUT2D eigenvalue weighted by molar-refractivity contribution is -0.274. The zero-order chi connectivity index (χ0) is 27.4. The number of aromatic carboxylic acids is 1. The third kappa shape index (κ3) is 7.90. The quantitative estimate of drug-likeness (QED) is 0.260. The summed E-state index contributed by atoms with van der Waals surface area (Å²) in [7, 11) is 0. The Balaban J connectivity index is 1.98. The number of carbonyl (C=O) groups is 3. The van der Waals surface area contributed by atoms with Gasteiger partial charge in [0.05, 0.1) is 5.56 Å². The van der Waals surface area contributed by atoms with Gasteiger partial charge < -0.3 is 9.84 Å². The van der Waals surface area contributed by atoms with E-state index >= 15 is 0 Å². The van der Waals surface area contributed by atoms with Crippen LogP contribution in [-0.2, 0) is 6.42 Å². The molecule has 0 radical (unpaired) electrons. The lowest BCUT2D eigenvalue weighted by Crippen LogP contribution is -2.17. The number of carboxylic acids is 1. The molecule has 0 unspecified atom stereocenters. The summed E-state index contributed by atoms with van der Waals surface area (Å²) in [6, 6.07) is 16.9. The molecule has 0 saturated heterocycles. The number of halogens is 3. The number of carbonyl (C=O) groups excluding carboxylic acids is 2. The predicted molar refractivity (Wildman–Crippen MR) is 133 cm³/mol. The maximum absolute atomic E-state index is 13.4. The van der Waals surface area contributed by atoms with E-state index in [9.17, 15) is 27.6 Å². The Labute approximate surface area is 212 Å². The van der Waals surface area contributed by atoms with Gasteiger partial charge in [-0.15, -0.1) is 13.2 Å². The largest absolute Gasteiger partial charge is 0.573 e. The number of alkyl halides is 3. The molecule has 3 aromatic carbocycles. The van der Waals surface area contributed by atoms with Crippen molar-refractivity contribution in [3.63, 3.8) is 0 Å². The van der Waals surface area contributed by atoms with Crippen LogP contribution in [-0.4, -0.2) is 29.0 Å². The minimum atomic E-state index is -4.86. The summed E-state index contributed by atoms with van der Waals surface area (Å²) < 4.78 is 41.1. The first-order chi connectivity index (χ1) is 17.2. The first-order valence-corrected chi connectivity index (χ1v) is 11.3. The van der Waals surface area contributed by atoms with Gasteiger partial charge in [-0.25, -0.2) is 4.79 Å². The minimum absolute atomic E-state index is 0.00542. The van der Waals surface area contributed by atoms with Crippen LogP contribution >= 0.6 is 0 Å². The molecule has 1 N–H and O–H groups in total. The summed E-state index contributed by atoms with van der Waals surface area (Å²) in [4.78, 5) is 37.6. The van der Waals surface area contributed by atoms with Crippen LogP contribution in [0.4, 0.5) is 13.2 Å². The van der Waals surface area contributed by atoms with Crippen LogP contribution in [0.15, 0.2) is 78.9 Å². The standard InChI is InChI=1S/C29H25F3O5/c1-28(2,3)17-18-4-6-19(7-5-18)24(26(34)21-8-10-22(11-9-21)27(35)36)16-25(33)20-12-14-23(15-13-20)37-29(30,31)32/h4-16H,17H2,1-3H3,(H,35,36)/b24-16+. The van der Waals surface area contributed by atoms with Crippen LogP contribution in [0.1, 0.15) is 63.0 Å². The Kier molecular flexibility index (Phi) is 8.01. The third-order valence-electron chi connectivity index (χ3n) is 5.29. The fourth-order valence-corrected chi connectivity index (χ4v) is 3.65. The van der Waals surface area contributed by atoms with E-state index in [0.29, 0.717) is 5.56 Å². The number of hydrogen-bond acceptors (Lipinski definition) is 4. The van der Waals surface area contributed by atoms with Crippen molar-refractivity contribution >= 4 is 23.1 Å². The van der Waals surface area contributed by atoms with Crippen molar-refractivity contribution in [1.29, 1.82) is 0 Å². The van der Waals surface area contributed by atoms with Crippen molar-refractivity contribution in [2.24, 2.45) is 5.41 Å². The van der Waals surface area contributed by atoms with Gasteiger partial charge in [-0.3, -0.25) is 9.59 Å². The number of ether oxygens (including phenoxy) is 1. The van der Waals surface area contributed by atoms with Gasteiger partial charge in [0.1, 0.15) is 5.75 Å². The number of rotatable bonds is 8. The summed E-state index contributed by atoms with van der Waals surface area (Å²) in [5.74, 6) is -2.72. The Bertz CT molecular complexity index is 1310. The van der Waals surface area contributed by atoms with Crippen molar-refractivity contribution in [2.45, 2.75) is 33.6 Å². The number of carboxylic acid groups (broad SMARTS) is 1. The molecule has 0 amide bonds. The summed E-state index contributed by atoms with van der Waals surface area (Å²) in [6.07, 6.45) is -2.94. The molecule has 5 nitrogen and oxygen atoms in total. The van der Waals surface area contributed by atoms with E-state index in [1.807, 2.05) is 12.1 Å². The molecule has 0 aliphatic rings. The van der Waals surface area contributed by atoms with Crippen molar-refractivity contribution in [1.82, 2.24) is 0 Å². The van der Waals surface area contributed by atoms with Gasteiger partial charge in [-0.1, -0.05) is 57.2 Å². The molecule has 0 atom stereocenters. The van der Waals surface area contributed by atoms with E-state index in [-0.39, 0.29) is 27.7 Å². The fourth-order valence-electron chi connectivity index (χ4n) is 3.65. The number of ketones is 2. The smallest absolute Gasteiger partial charge is 0.478 e. The molecule has 0 aliphatic heterocycles. The lowest BCUT2D eigenvalue weighted by atomic mass is 9.87. The van der Waals surface area contributed by atoms with Crippen LogP contribution in [0.3, 0.4) is 0 Å². The molecule has 0 spiro atoms. The molecule has 0 heterocycles. The second-order valence-electron chi connectivity index (χ2n) is 9.64. The molecule has 0 saturated carbocycles. The molecule has 3 rings (SSSR count). The van der Waals surface area contributed by atoms with Gasteiger partial charge in [-0.05, 0) is 65.4 Å². The summed E-state index contributed by atoms with van der Waals surface area (Å²) in [5.41, 5.74) is 1.86. The maximum Gasteiger partial charge on any atom is 0.573 e. The van der Waals surface area contributed by atoms with Gasteiger partial charge >= 0.3 is 12.3 Å². The van der Waals surface area contributed by atoms with Crippen molar-refractivity contribution in [3.8, 4) is 5.75 Å². The van der Waals surface area contributed by atoms with E-state index in [4.69, 9.17) is 5.11 Å². The van der Waals surface area contributed by atoms with Gasteiger partial charge in [-0.2, -0.15) is 0 Å². The van der Waals surface area contributed by atoms with E-state index in [1.54, 1.807) is 12.1 Å². The molecule has 0 fully saturated rings. The molecular formula is C29H25F3O5. The Hall–Kier alpha value is -4.20. The number of Topliss-reactive ketones (excluding diaryl/α,β-unsaturated/α-hetero) is 1. The van der Waals surface area contributed by atoms with Crippen molar-refractivity contribution in [3.05, 3.63) is 107 Å². The predicted octanol–water partition coefficient (Wildman–Crippen LogP) is 7.02. The zero-order valence-corrected chi connectivity index (χ0v) is 20.4. The average molecular weight is 511 g/mol. The molecular weight excluding hydrogens is 485 g/mol. The van der Waals surface area contributed by atoms with Gasteiger partial charge in [0, 0.05) is 16.7 Å². The summed E-state index contributed by atoms with van der Waals surface area (Å²) in [5, 5.41) is 9.12. The Morgan fingerprint density at radius 3 is 1.73 bits per heavy atom. The van der Waals surface area contributed by atoms with E-state index in [0.717, 1.165) is 30.2 Å². The molecule has 0 aliphatic carbocycles. The maximum atomic E-state index is 13.4. The first kappa shape index (κ1) is 27.4. The van der Waals surface area contributed by atoms with E-state index in [2.05, 4.69) is 25.5 Å². The van der Waals surface area contributed by atoms with Gasteiger partial charge in [0.2, 0.25) is 0 Å². The SMILES string of the molecule is CC(C)(C)Cc1ccc(/C(=C\C(=O)c2ccc(OC(F)(F)F)cc2)C(=O)c2ccc(C(=O)O)cc2)cc1. The van der Waals surface area contributed by atoms with Gasteiger partial charge in [0.25, 0.3) is 0 Å². The number of allylic oxidation sites excluding steroid dienone is 2. The van der Waals surface area contributed by atoms with Crippen LogP contribution in [0.2, 0.25) is 0 Å². The highest BCUT2D eigenvalue weighted by molar-refractivity contribution is 6.32. The molecule has 37 heavy (non-hydrogen) atoms. The molecule has 0 aromatic heterocycles. The van der Waals surface area contributed by atoms with Crippen LogP contribution < -0.4 is 4.74 Å². The highest BCUT2D eigenvalue weighted by atomic mass is 19.4. The summed E-state index contributed by atoms with van der Waals surface area (Å²) >= 11 is 0. The van der Waals surface area contributed by atoms with E-state index in [1.165, 1.54) is 36.4 Å². The molecule has 3 aromatic rings. The Morgan fingerprint density at radius 1 is 0.757 bits per heavy atom. The molecule has 192 valence electrons. The van der Waals surface area contributed by atoms with Crippen LogP contribution in [0, 0.1) is 5.41 Å². The zero-order valence-electron chi connectivity index (χ0n) is 20.4. The van der Waals surface area contributed by atoms with Crippen molar-refractivity contribution < 1.29 is 37.4 Å². The normalized spacial score (nSPS) is 12.2. The average Bonchev–Trinajstić information content (AvgIpc) is 2.81.